The molecule has 1 aliphatic carbocycles. The third-order valence-electron chi connectivity index (χ3n) is 2.51. The fraction of sp³-hybridized carbons (Fsp3) is 0.500. The normalized spacial score (nSPS) is 16.9. The number of rotatable bonds is 2. The maximum Gasteiger partial charge on any atom is 0.102 e. The summed E-state index contributed by atoms with van der Waals surface area (Å²) in [5, 5.41) is 4.18. The van der Waals surface area contributed by atoms with Crippen molar-refractivity contribution >= 4 is 0 Å². The Morgan fingerprint density at radius 2 is 2.50 bits per heavy atom. The predicted octanol–water partition coefficient (Wildman–Crippen LogP) is 1.78. The number of aromatic nitrogens is 2. The number of hydrogen-bond donors (Lipinski definition) is 0. The second kappa shape index (κ2) is 3.02. The monoisotopic (exact) mass is 160 g/mol. The molecule has 1 aromatic rings. The van der Waals surface area contributed by atoms with Crippen LogP contribution < -0.4 is 0 Å². The minimum absolute atomic E-state index is 0.610. The molecule has 2 rings (SSSR count). The molecule has 2 heteroatoms. The minimum Gasteiger partial charge on any atom is -0.257 e. The zero-order valence-electron chi connectivity index (χ0n) is 7.03. The topological polar surface area (TPSA) is 17.8 Å². The van der Waals surface area contributed by atoms with Crippen molar-refractivity contribution in [3.05, 3.63) is 18.0 Å². The lowest BCUT2D eigenvalue weighted by Crippen LogP contribution is -2.14. The Bertz CT molecular complexity index is 302. The van der Waals surface area contributed by atoms with Crippen molar-refractivity contribution in [1.29, 1.82) is 0 Å². The molecule has 2 nitrogen and oxygen atoms in total. The zero-order valence-corrected chi connectivity index (χ0v) is 7.03. The van der Waals surface area contributed by atoms with Crippen molar-refractivity contribution in [2.24, 2.45) is 0 Å². The van der Waals surface area contributed by atoms with Gasteiger partial charge in [0.2, 0.25) is 0 Å². The van der Waals surface area contributed by atoms with E-state index in [1.54, 1.807) is 0 Å². The van der Waals surface area contributed by atoms with Gasteiger partial charge >= 0.3 is 0 Å². The zero-order chi connectivity index (χ0) is 8.39. The third-order valence-corrected chi connectivity index (χ3v) is 2.51. The van der Waals surface area contributed by atoms with Crippen molar-refractivity contribution in [3.8, 4) is 12.3 Å². The maximum absolute atomic E-state index is 5.24. The van der Waals surface area contributed by atoms with Gasteiger partial charge in [-0.15, -0.1) is 6.42 Å². The minimum atomic E-state index is 0.610. The molecule has 0 aromatic carbocycles. The van der Waals surface area contributed by atoms with Crippen LogP contribution in [0.2, 0.25) is 0 Å². The van der Waals surface area contributed by atoms with Crippen LogP contribution in [-0.2, 0) is 6.54 Å². The Kier molecular flexibility index (Phi) is 1.87. The number of hydrogen-bond acceptors (Lipinski definition) is 1. The summed E-state index contributed by atoms with van der Waals surface area (Å²) in [5.41, 5.74) is 1.32. The molecule has 0 aliphatic heterocycles. The Morgan fingerprint density at radius 3 is 3.08 bits per heavy atom. The summed E-state index contributed by atoms with van der Waals surface area (Å²) < 4.78 is 1.93. The lowest BCUT2D eigenvalue weighted by Gasteiger charge is -2.25. The Labute approximate surface area is 72.6 Å². The third kappa shape index (κ3) is 1.12. The summed E-state index contributed by atoms with van der Waals surface area (Å²) in [6, 6.07) is 2.08. The summed E-state index contributed by atoms with van der Waals surface area (Å²) in [5.74, 6) is 3.34. The van der Waals surface area contributed by atoms with Crippen LogP contribution in [-0.4, -0.2) is 9.78 Å². The van der Waals surface area contributed by atoms with Crippen LogP contribution in [0.15, 0.2) is 12.3 Å². The molecule has 0 radical (unpaired) electrons. The molecule has 0 spiro atoms. The smallest absolute Gasteiger partial charge is 0.102 e. The standard InChI is InChI=1S/C10H12N2/c1-2-8-12-10(6-7-11-12)9-4-3-5-9/h1,6-7,9H,3-5,8H2. The van der Waals surface area contributed by atoms with Gasteiger partial charge in [0.15, 0.2) is 0 Å². The lowest BCUT2D eigenvalue weighted by atomic mass is 9.83. The molecule has 1 aromatic heterocycles. The van der Waals surface area contributed by atoms with Gasteiger partial charge in [-0.25, -0.2) is 0 Å². The summed E-state index contributed by atoms with van der Waals surface area (Å²) in [6.07, 6.45) is 11.0. The van der Waals surface area contributed by atoms with Gasteiger partial charge < -0.3 is 0 Å². The largest absolute Gasteiger partial charge is 0.257 e. The average Bonchev–Trinajstić information content (AvgIpc) is 2.35. The van der Waals surface area contributed by atoms with E-state index in [1.807, 2.05) is 10.9 Å². The molecule has 0 unspecified atom stereocenters. The first-order valence-corrected chi connectivity index (χ1v) is 4.37. The summed E-state index contributed by atoms with van der Waals surface area (Å²) in [7, 11) is 0. The molecule has 0 atom stereocenters. The number of terminal acetylenes is 1. The molecule has 0 saturated heterocycles. The van der Waals surface area contributed by atoms with Crippen LogP contribution in [0.3, 0.4) is 0 Å². The van der Waals surface area contributed by atoms with Crippen LogP contribution in [0.1, 0.15) is 30.9 Å². The van der Waals surface area contributed by atoms with E-state index in [9.17, 15) is 0 Å². The number of nitrogens with zero attached hydrogens (tertiary/aromatic N) is 2. The summed E-state index contributed by atoms with van der Waals surface area (Å²) in [6.45, 7) is 0.610. The van der Waals surface area contributed by atoms with E-state index in [0.717, 1.165) is 5.92 Å². The van der Waals surface area contributed by atoms with E-state index < -0.39 is 0 Å². The highest BCUT2D eigenvalue weighted by Crippen LogP contribution is 2.35. The van der Waals surface area contributed by atoms with Crippen molar-refractivity contribution in [3.63, 3.8) is 0 Å². The molecule has 12 heavy (non-hydrogen) atoms. The highest BCUT2D eigenvalue weighted by molar-refractivity contribution is 5.11. The molecule has 0 bridgehead atoms. The van der Waals surface area contributed by atoms with Gasteiger partial charge in [-0.2, -0.15) is 5.10 Å². The quantitative estimate of drug-likeness (QED) is 0.603. The highest BCUT2D eigenvalue weighted by atomic mass is 15.3. The van der Waals surface area contributed by atoms with Crippen LogP contribution in [0.25, 0.3) is 0 Å². The van der Waals surface area contributed by atoms with Gasteiger partial charge in [0.05, 0.1) is 0 Å². The van der Waals surface area contributed by atoms with E-state index in [4.69, 9.17) is 6.42 Å². The van der Waals surface area contributed by atoms with Gasteiger partial charge in [-0.05, 0) is 18.9 Å². The molecular weight excluding hydrogens is 148 g/mol. The first-order valence-electron chi connectivity index (χ1n) is 4.37. The molecule has 1 fully saturated rings. The van der Waals surface area contributed by atoms with E-state index in [0.29, 0.717) is 6.54 Å². The Morgan fingerprint density at radius 1 is 1.67 bits per heavy atom. The van der Waals surface area contributed by atoms with Crippen molar-refractivity contribution < 1.29 is 0 Å². The maximum atomic E-state index is 5.24. The molecule has 1 saturated carbocycles. The second-order valence-corrected chi connectivity index (χ2v) is 3.25. The van der Waals surface area contributed by atoms with Crippen molar-refractivity contribution in [2.75, 3.05) is 0 Å². The fourth-order valence-corrected chi connectivity index (χ4v) is 1.61. The van der Waals surface area contributed by atoms with Gasteiger partial charge in [-0.1, -0.05) is 12.3 Å². The first kappa shape index (κ1) is 7.42. The SMILES string of the molecule is C#CCn1nccc1C1CCC1. The van der Waals surface area contributed by atoms with Crippen LogP contribution in [0.4, 0.5) is 0 Å². The lowest BCUT2D eigenvalue weighted by molar-refractivity contribution is 0.394. The van der Waals surface area contributed by atoms with Crippen LogP contribution >= 0.6 is 0 Å². The molecule has 1 aliphatic rings. The van der Waals surface area contributed by atoms with Gasteiger partial charge in [-0.3, -0.25) is 4.68 Å². The van der Waals surface area contributed by atoms with Crippen molar-refractivity contribution in [2.45, 2.75) is 31.7 Å². The fourth-order valence-electron chi connectivity index (χ4n) is 1.61. The summed E-state index contributed by atoms with van der Waals surface area (Å²) in [4.78, 5) is 0. The van der Waals surface area contributed by atoms with Crippen LogP contribution in [0.5, 0.6) is 0 Å². The molecular formula is C10H12N2. The average molecular weight is 160 g/mol. The summed E-state index contributed by atoms with van der Waals surface area (Å²) >= 11 is 0. The molecule has 0 amide bonds. The van der Waals surface area contributed by atoms with E-state index >= 15 is 0 Å². The van der Waals surface area contributed by atoms with E-state index in [1.165, 1.54) is 25.0 Å². The first-order chi connectivity index (χ1) is 5.92. The predicted molar refractivity (Wildman–Crippen MR) is 47.7 cm³/mol. The van der Waals surface area contributed by atoms with E-state index in [2.05, 4.69) is 17.1 Å². The van der Waals surface area contributed by atoms with Crippen molar-refractivity contribution in [1.82, 2.24) is 9.78 Å². The molecule has 1 heterocycles. The van der Waals surface area contributed by atoms with Gasteiger partial charge in [0.25, 0.3) is 0 Å². The molecule has 62 valence electrons. The van der Waals surface area contributed by atoms with E-state index in [-0.39, 0.29) is 0 Å². The Hall–Kier alpha value is -1.23. The van der Waals surface area contributed by atoms with Gasteiger partial charge in [0, 0.05) is 17.8 Å². The Balaban J connectivity index is 2.19. The van der Waals surface area contributed by atoms with Crippen LogP contribution in [0, 0.1) is 12.3 Å². The highest BCUT2D eigenvalue weighted by Gasteiger charge is 2.22. The van der Waals surface area contributed by atoms with Gasteiger partial charge in [0.1, 0.15) is 6.54 Å². The molecule has 0 N–H and O–H groups in total. The second-order valence-electron chi connectivity index (χ2n) is 3.25.